The minimum absolute atomic E-state index is 0. The van der Waals surface area contributed by atoms with Crippen molar-refractivity contribution in [3.8, 4) is 0 Å². The Hall–Kier alpha value is 0.390. The third-order valence-corrected chi connectivity index (χ3v) is 0.253. The average Bonchev–Trinajstić information content (AvgIpc) is 1.35. The molecule has 0 saturated carbocycles. The van der Waals surface area contributed by atoms with Gasteiger partial charge in [0, 0.05) is 0 Å². The Balaban J connectivity index is -0.000000125. The van der Waals surface area contributed by atoms with Crippen LogP contribution in [-0.4, -0.2) is 17.6 Å². The van der Waals surface area contributed by atoms with Gasteiger partial charge in [-0.3, -0.25) is 10.6 Å². The molecule has 0 aliphatic carbocycles. The number of nitrogens with one attached hydrogen (secondary N) is 1. The van der Waals surface area contributed by atoms with Crippen molar-refractivity contribution in [2.75, 3.05) is 6.54 Å². The molecular weight excluding hydrogens is 107 g/mol. The van der Waals surface area contributed by atoms with Gasteiger partial charge in [-0.05, 0) is 0 Å². The van der Waals surface area contributed by atoms with Gasteiger partial charge >= 0.3 is 35.5 Å². The summed E-state index contributed by atoms with van der Waals surface area (Å²) in [4.78, 5) is 9.46. The van der Waals surface area contributed by atoms with Gasteiger partial charge in [0.1, 0.15) is 6.54 Å². The molecule has 38 valence electrons. The summed E-state index contributed by atoms with van der Waals surface area (Å²) in [5, 5.41) is 7.77. The standard InChI is InChI=1S/C2H6N2O2.Na.H/c3-4-1-2(5)6;;/h4H,1,3H2,(H,5,6);;/q;+1;-1. The number of carboxylic acid groups (broad SMARTS) is 1. The Morgan fingerprint density at radius 2 is 2.43 bits per heavy atom. The Morgan fingerprint density at radius 1 is 2.00 bits per heavy atom. The predicted molar refractivity (Wildman–Crippen MR) is 20.9 cm³/mol. The fraction of sp³-hybridized carbons (Fsp3) is 0.500. The van der Waals surface area contributed by atoms with Gasteiger partial charge in [0.2, 0.25) is 0 Å². The zero-order valence-corrected chi connectivity index (χ0v) is 6.14. The van der Waals surface area contributed by atoms with E-state index in [1.54, 1.807) is 0 Å². The summed E-state index contributed by atoms with van der Waals surface area (Å²) in [7, 11) is 0. The van der Waals surface area contributed by atoms with Crippen LogP contribution < -0.4 is 40.8 Å². The molecule has 0 heterocycles. The number of hydrogen-bond acceptors (Lipinski definition) is 3. The van der Waals surface area contributed by atoms with Crippen molar-refractivity contribution in [1.82, 2.24) is 5.43 Å². The maximum Gasteiger partial charge on any atom is 1.00 e. The summed E-state index contributed by atoms with van der Waals surface area (Å²) < 4.78 is 0. The third-order valence-electron chi connectivity index (χ3n) is 0.253. The molecule has 0 spiro atoms. The Labute approximate surface area is 64.8 Å². The van der Waals surface area contributed by atoms with E-state index in [1.807, 2.05) is 5.43 Å². The van der Waals surface area contributed by atoms with Gasteiger partial charge in [0.25, 0.3) is 0 Å². The molecule has 5 heteroatoms. The van der Waals surface area contributed by atoms with E-state index in [2.05, 4.69) is 5.84 Å². The number of carboxylic acids is 1. The molecule has 4 nitrogen and oxygen atoms in total. The molecule has 0 aliphatic heterocycles. The van der Waals surface area contributed by atoms with Gasteiger partial charge in [-0.15, -0.1) is 0 Å². The largest absolute Gasteiger partial charge is 1.00 e. The van der Waals surface area contributed by atoms with Gasteiger partial charge in [-0.2, -0.15) is 0 Å². The maximum atomic E-state index is 9.46. The van der Waals surface area contributed by atoms with E-state index in [9.17, 15) is 4.79 Å². The predicted octanol–water partition coefficient (Wildman–Crippen LogP) is -4.35. The Kier molecular flexibility index (Phi) is 9.48. The van der Waals surface area contributed by atoms with Crippen molar-refractivity contribution in [3.05, 3.63) is 0 Å². The molecule has 0 radical (unpaired) electrons. The first-order chi connectivity index (χ1) is 2.77. The van der Waals surface area contributed by atoms with Crippen LogP contribution in [0.5, 0.6) is 0 Å². The molecule has 0 saturated heterocycles. The van der Waals surface area contributed by atoms with Crippen LogP contribution in [-0.2, 0) is 4.79 Å². The number of aliphatic carboxylic acids is 1. The molecule has 0 amide bonds. The van der Waals surface area contributed by atoms with E-state index in [0.29, 0.717) is 0 Å². The van der Waals surface area contributed by atoms with Gasteiger partial charge in [0.05, 0.1) is 0 Å². The van der Waals surface area contributed by atoms with E-state index in [4.69, 9.17) is 5.11 Å². The first-order valence-electron chi connectivity index (χ1n) is 1.42. The second-order valence-electron chi connectivity index (χ2n) is 0.775. The van der Waals surface area contributed by atoms with Crippen molar-refractivity contribution in [3.63, 3.8) is 0 Å². The zero-order chi connectivity index (χ0) is 4.99. The van der Waals surface area contributed by atoms with E-state index in [1.165, 1.54) is 0 Å². The molecule has 0 rings (SSSR count). The second kappa shape index (κ2) is 6.39. The molecular formula is C2H7N2NaO2. The van der Waals surface area contributed by atoms with Gasteiger partial charge in [-0.1, -0.05) is 0 Å². The fourth-order valence-corrected chi connectivity index (χ4v) is 0.0873. The van der Waals surface area contributed by atoms with Crippen LogP contribution in [0.15, 0.2) is 0 Å². The summed E-state index contributed by atoms with van der Waals surface area (Å²) in [6.07, 6.45) is 0. The SMILES string of the molecule is NNCC(=O)O.[H-].[Na+]. The summed E-state index contributed by atoms with van der Waals surface area (Å²) in [6, 6.07) is 0. The minimum Gasteiger partial charge on any atom is -1.00 e. The van der Waals surface area contributed by atoms with Crippen LogP contribution in [0.3, 0.4) is 0 Å². The zero-order valence-electron chi connectivity index (χ0n) is 5.14. The monoisotopic (exact) mass is 114 g/mol. The average molecular weight is 114 g/mol. The smallest absolute Gasteiger partial charge is 1.00 e. The minimum atomic E-state index is -0.947. The van der Waals surface area contributed by atoms with Crippen molar-refractivity contribution in [1.29, 1.82) is 0 Å². The van der Waals surface area contributed by atoms with Crippen LogP contribution >= 0.6 is 0 Å². The molecule has 0 aromatic rings. The van der Waals surface area contributed by atoms with Crippen molar-refractivity contribution in [2.45, 2.75) is 0 Å². The summed E-state index contributed by atoms with van der Waals surface area (Å²) in [5.74, 6) is 3.65. The maximum absolute atomic E-state index is 9.46. The number of rotatable bonds is 2. The molecule has 0 bridgehead atoms. The molecule has 4 N–H and O–H groups in total. The van der Waals surface area contributed by atoms with Crippen LogP contribution in [0.4, 0.5) is 0 Å². The number of hydrazine groups is 1. The Morgan fingerprint density at radius 3 is 2.43 bits per heavy atom. The van der Waals surface area contributed by atoms with E-state index < -0.39 is 5.97 Å². The molecule has 0 aromatic heterocycles. The first-order valence-corrected chi connectivity index (χ1v) is 1.42. The van der Waals surface area contributed by atoms with Crippen LogP contribution in [0.25, 0.3) is 0 Å². The van der Waals surface area contributed by atoms with E-state index in [0.717, 1.165) is 0 Å². The molecule has 0 unspecified atom stereocenters. The van der Waals surface area contributed by atoms with Crippen LogP contribution in [0.2, 0.25) is 0 Å². The van der Waals surface area contributed by atoms with E-state index >= 15 is 0 Å². The Bertz CT molecular complexity index is 62.0. The number of hydrogen-bond donors (Lipinski definition) is 3. The molecule has 0 aliphatic rings. The van der Waals surface area contributed by atoms with Crippen molar-refractivity contribution >= 4 is 5.97 Å². The molecule has 7 heavy (non-hydrogen) atoms. The first kappa shape index (κ1) is 10.4. The number of nitrogens with two attached hydrogens (primary N) is 1. The van der Waals surface area contributed by atoms with E-state index in [-0.39, 0.29) is 37.5 Å². The second-order valence-corrected chi connectivity index (χ2v) is 0.775. The summed E-state index contributed by atoms with van der Waals surface area (Å²) >= 11 is 0. The van der Waals surface area contributed by atoms with Crippen LogP contribution in [0, 0.1) is 0 Å². The topological polar surface area (TPSA) is 75.3 Å². The quantitative estimate of drug-likeness (QED) is 0.193. The normalized spacial score (nSPS) is 7.00. The fourth-order valence-electron chi connectivity index (χ4n) is 0.0873. The third kappa shape index (κ3) is 10.7. The molecule has 0 fully saturated rings. The van der Waals surface area contributed by atoms with Crippen LogP contribution in [0.1, 0.15) is 1.43 Å². The molecule has 0 aromatic carbocycles. The molecule has 0 atom stereocenters. The van der Waals surface area contributed by atoms with Gasteiger partial charge < -0.3 is 6.53 Å². The van der Waals surface area contributed by atoms with Crippen molar-refractivity contribution in [2.24, 2.45) is 5.84 Å². The summed E-state index contributed by atoms with van der Waals surface area (Å²) in [5.41, 5.74) is 1.97. The van der Waals surface area contributed by atoms with Gasteiger partial charge in [0.15, 0.2) is 0 Å². The van der Waals surface area contributed by atoms with Crippen molar-refractivity contribution < 1.29 is 40.9 Å². The number of carbonyl (C=O) groups is 1. The summed E-state index contributed by atoms with van der Waals surface area (Å²) in [6.45, 7) is -0.181. The van der Waals surface area contributed by atoms with Gasteiger partial charge in [-0.25, -0.2) is 5.43 Å².